The highest BCUT2D eigenvalue weighted by Crippen LogP contribution is 2.45. The van der Waals surface area contributed by atoms with Gasteiger partial charge < -0.3 is 14.7 Å². The second-order valence-corrected chi connectivity index (χ2v) is 10.0. The number of hydrogen-bond donors (Lipinski definition) is 0. The number of nitriles is 1. The Bertz CT molecular complexity index is 1120. The van der Waals surface area contributed by atoms with E-state index < -0.39 is 0 Å². The Kier molecular flexibility index (Phi) is 4.79. The molecule has 33 heavy (non-hydrogen) atoms. The molecular weight excluding hydrogens is 414 g/mol. The normalized spacial score (nSPS) is 24.0. The van der Waals surface area contributed by atoms with Crippen molar-refractivity contribution in [2.24, 2.45) is 5.92 Å². The van der Waals surface area contributed by atoms with Crippen molar-refractivity contribution in [3.63, 3.8) is 0 Å². The Balaban J connectivity index is 1.35. The molecule has 170 valence electrons. The van der Waals surface area contributed by atoms with E-state index in [0.717, 1.165) is 54.7 Å². The Hall–Kier alpha value is -3.14. The quantitative estimate of drug-likeness (QED) is 0.516. The van der Waals surface area contributed by atoms with E-state index in [1.165, 1.54) is 11.6 Å². The first-order chi connectivity index (χ1) is 16.1. The molecule has 1 saturated heterocycles. The predicted octanol–water partition coefficient (Wildman–Crippen LogP) is 2.66. The number of hydrogen-bond acceptors (Lipinski definition) is 5. The highest BCUT2D eigenvalue weighted by molar-refractivity contribution is 5.87. The number of allylic oxidation sites excluding steroid dienone is 1. The summed E-state index contributed by atoms with van der Waals surface area (Å²) in [4.78, 5) is 36.4. The van der Waals surface area contributed by atoms with E-state index in [9.17, 15) is 14.9 Å². The Morgan fingerprint density at radius 1 is 1.15 bits per heavy atom. The molecule has 0 N–H and O–H groups in total. The van der Waals surface area contributed by atoms with Crippen LogP contribution in [-0.4, -0.2) is 58.8 Å². The summed E-state index contributed by atoms with van der Waals surface area (Å²) in [6.07, 6.45) is 9.49. The number of anilines is 1. The van der Waals surface area contributed by atoms with Gasteiger partial charge in [0, 0.05) is 44.6 Å². The number of carbonyl (C=O) groups excluding carboxylic acids is 2. The first kappa shape index (κ1) is 20.5. The van der Waals surface area contributed by atoms with Crippen LogP contribution in [0, 0.1) is 17.2 Å². The summed E-state index contributed by atoms with van der Waals surface area (Å²) in [5.41, 5.74) is 5.20. The maximum atomic E-state index is 12.9. The number of rotatable bonds is 5. The minimum Gasteiger partial charge on any atom is -0.351 e. The molecule has 2 aliphatic heterocycles. The highest BCUT2D eigenvalue weighted by Gasteiger charge is 2.42. The van der Waals surface area contributed by atoms with Crippen LogP contribution in [0.25, 0.3) is 0 Å². The number of piperazine rings is 1. The minimum atomic E-state index is -0.0676. The molecule has 0 unspecified atom stereocenters. The maximum Gasteiger partial charge on any atom is 0.246 e. The molecule has 0 aromatic carbocycles. The average molecular weight is 444 g/mol. The lowest BCUT2D eigenvalue weighted by Gasteiger charge is -2.42. The molecule has 5 aliphatic rings. The summed E-state index contributed by atoms with van der Waals surface area (Å²) in [6, 6.07) is 2.56. The van der Waals surface area contributed by atoms with Gasteiger partial charge in [0.1, 0.15) is 11.9 Å². The summed E-state index contributed by atoms with van der Waals surface area (Å²) in [7, 11) is 0. The molecule has 7 nitrogen and oxygen atoms in total. The standard InChI is InChI=1S/C26H29N5O2/c1-2-23(32)29-10-9-19-20(13-27)25(28-24(17-5-6-17)21(19)14-29)30-11-12-31(26(33)18-7-8-18)22(15-30)16-3-4-16/h2-3,17-18,22H,1,4-12,14-15H2/t22-/m0/s1. The third-order valence-corrected chi connectivity index (χ3v) is 7.73. The van der Waals surface area contributed by atoms with E-state index in [1.807, 2.05) is 4.90 Å². The van der Waals surface area contributed by atoms with Crippen LogP contribution in [0.3, 0.4) is 0 Å². The first-order valence-corrected chi connectivity index (χ1v) is 12.2. The molecule has 7 heteroatoms. The van der Waals surface area contributed by atoms with Gasteiger partial charge >= 0.3 is 0 Å². The third-order valence-electron chi connectivity index (χ3n) is 7.73. The fraction of sp³-hybridized carbons (Fsp3) is 0.538. The number of fused-ring (bicyclic) bond motifs is 1. The number of carbonyl (C=O) groups is 2. The van der Waals surface area contributed by atoms with Crippen molar-refractivity contribution in [3.8, 4) is 6.07 Å². The van der Waals surface area contributed by atoms with Gasteiger partial charge in [-0.05, 0) is 61.3 Å². The SMILES string of the molecule is C=CC(=O)N1CCc2c(C#N)c(N3CCN(C(=O)C4CC4)[C@H](C4=CC4)C3)nc(C3CC3)c2C1. The van der Waals surface area contributed by atoms with E-state index in [-0.39, 0.29) is 17.9 Å². The molecule has 6 rings (SSSR count). The van der Waals surface area contributed by atoms with Crippen LogP contribution in [0.4, 0.5) is 5.82 Å². The summed E-state index contributed by atoms with van der Waals surface area (Å²) in [5, 5.41) is 10.2. The van der Waals surface area contributed by atoms with Gasteiger partial charge in [-0.25, -0.2) is 4.98 Å². The Morgan fingerprint density at radius 3 is 2.58 bits per heavy atom. The Morgan fingerprint density at radius 2 is 1.94 bits per heavy atom. The van der Waals surface area contributed by atoms with Crippen molar-refractivity contribution in [1.29, 1.82) is 5.26 Å². The summed E-state index contributed by atoms with van der Waals surface area (Å²) >= 11 is 0. The molecule has 3 heterocycles. The molecular formula is C26H29N5O2. The van der Waals surface area contributed by atoms with E-state index >= 15 is 0 Å². The highest BCUT2D eigenvalue weighted by atomic mass is 16.2. The first-order valence-electron chi connectivity index (χ1n) is 12.2. The van der Waals surface area contributed by atoms with Crippen molar-refractivity contribution in [3.05, 3.63) is 46.7 Å². The van der Waals surface area contributed by atoms with Crippen molar-refractivity contribution in [2.45, 2.75) is 57.0 Å². The van der Waals surface area contributed by atoms with E-state index in [0.29, 0.717) is 56.5 Å². The van der Waals surface area contributed by atoms with Crippen molar-refractivity contribution >= 4 is 17.6 Å². The molecule has 1 aromatic rings. The second kappa shape index (κ2) is 7.72. The van der Waals surface area contributed by atoms with Gasteiger partial charge in [-0.15, -0.1) is 0 Å². The maximum absolute atomic E-state index is 12.9. The Labute approximate surface area is 194 Å². The fourth-order valence-corrected chi connectivity index (χ4v) is 5.46. The zero-order chi connectivity index (χ0) is 22.7. The van der Waals surface area contributed by atoms with Crippen LogP contribution in [0.15, 0.2) is 24.3 Å². The van der Waals surface area contributed by atoms with Gasteiger partial charge in [0.05, 0.1) is 17.3 Å². The van der Waals surface area contributed by atoms with Gasteiger partial charge in [0.25, 0.3) is 0 Å². The van der Waals surface area contributed by atoms with Crippen LogP contribution in [0.5, 0.6) is 0 Å². The number of pyridine rings is 1. The smallest absolute Gasteiger partial charge is 0.246 e. The largest absolute Gasteiger partial charge is 0.351 e. The van der Waals surface area contributed by atoms with Gasteiger partial charge in [-0.1, -0.05) is 12.7 Å². The van der Waals surface area contributed by atoms with Crippen molar-refractivity contribution < 1.29 is 9.59 Å². The molecule has 0 radical (unpaired) electrons. The molecule has 2 saturated carbocycles. The van der Waals surface area contributed by atoms with Crippen LogP contribution >= 0.6 is 0 Å². The zero-order valence-electron chi connectivity index (χ0n) is 18.9. The molecule has 2 amide bonds. The van der Waals surface area contributed by atoms with Gasteiger partial charge in [0.15, 0.2) is 0 Å². The van der Waals surface area contributed by atoms with Crippen LogP contribution < -0.4 is 4.90 Å². The van der Waals surface area contributed by atoms with Crippen molar-refractivity contribution in [1.82, 2.24) is 14.8 Å². The average Bonchev–Trinajstić information content (AvgIpc) is 3.70. The lowest BCUT2D eigenvalue weighted by molar-refractivity contribution is -0.134. The summed E-state index contributed by atoms with van der Waals surface area (Å²) in [5.74, 6) is 1.66. The third kappa shape index (κ3) is 3.62. The minimum absolute atomic E-state index is 0.0676. The monoisotopic (exact) mass is 443 g/mol. The van der Waals surface area contributed by atoms with E-state index in [1.54, 1.807) is 0 Å². The fourth-order valence-electron chi connectivity index (χ4n) is 5.46. The molecule has 1 atom stereocenters. The molecule has 0 spiro atoms. The van der Waals surface area contributed by atoms with Crippen LogP contribution in [0.2, 0.25) is 0 Å². The lowest BCUT2D eigenvalue weighted by atomic mass is 9.92. The van der Waals surface area contributed by atoms with Crippen molar-refractivity contribution in [2.75, 3.05) is 31.1 Å². The molecule has 3 fully saturated rings. The lowest BCUT2D eigenvalue weighted by Crippen LogP contribution is -2.56. The molecule has 0 bridgehead atoms. The van der Waals surface area contributed by atoms with E-state index in [4.69, 9.17) is 4.98 Å². The van der Waals surface area contributed by atoms with Gasteiger partial charge in [-0.3, -0.25) is 9.59 Å². The molecule has 1 aromatic heterocycles. The van der Waals surface area contributed by atoms with Gasteiger partial charge in [0.2, 0.25) is 11.8 Å². The number of amides is 2. The topological polar surface area (TPSA) is 80.5 Å². The summed E-state index contributed by atoms with van der Waals surface area (Å²) < 4.78 is 0. The predicted molar refractivity (Wildman–Crippen MR) is 123 cm³/mol. The number of nitrogens with zero attached hydrogens (tertiary/aromatic N) is 5. The molecule has 3 aliphatic carbocycles. The second-order valence-electron chi connectivity index (χ2n) is 10.0. The number of aromatic nitrogens is 1. The summed E-state index contributed by atoms with van der Waals surface area (Å²) in [6.45, 7) is 6.82. The zero-order valence-corrected chi connectivity index (χ0v) is 18.9. The van der Waals surface area contributed by atoms with Crippen LogP contribution in [-0.2, 0) is 22.6 Å². The van der Waals surface area contributed by atoms with Crippen LogP contribution in [0.1, 0.15) is 60.4 Å². The van der Waals surface area contributed by atoms with E-state index in [2.05, 4.69) is 28.5 Å². The van der Waals surface area contributed by atoms with Gasteiger partial charge in [-0.2, -0.15) is 5.26 Å².